The fraction of sp³-hybridized carbons (Fsp3) is 0.600. The number of carbonyl (C=O) groups is 1. The Labute approximate surface area is 99.2 Å². The first kappa shape index (κ1) is 13.0. The molecule has 0 aliphatic rings. The maximum absolute atomic E-state index is 11.0. The summed E-state index contributed by atoms with van der Waals surface area (Å²) >= 11 is 6.04. The Morgan fingerprint density at radius 2 is 2.31 bits per heavy atom. The van der Waals surface area contributed by atoms with Crippen molar-refractivity contribution >= 4 is 17.6 Å². The predicted molar refractivity (Wildman–Crippen MR) is 61.5 cm³/mol. The molecule has 0 saturated carbocycles. The summed E-state index contributed by atoms with van der Waals surface area (Å²) in [5, 5.41) is 13.7. The zero-order valence-corrected chi connectivity index (χ0v) is 10.2. The molecule has 0 saturated heterocycles. The molecule has 6 heteroatoms. The Kier molecular flexibility index (Phi) is 4.32. The van der Waals surface area contributed by atoms with Crippen molar-refractivity contribution in [3.05, 3.63) is 16.4 Å². The van der Waals surface area contributed by atoms with Crippen molar-refractivity contribution in [2.24, 2.45) is 18.7 Å². The molecule has 0 aromatic carbocycles. The molecule has 0 fully saturated rings. The highest BCUT2D eigenvalue weighted by atomic mass is 35.5. The van der Waals surface area contributed by atoms with Gasteiger partial charge in [0.15, 0.2) is 0 Å². The van der Waals surface area contributed by atoms with Crippen molar-refractivity contribution in [1.82, 2.24) is 9.78 Å². The molecule has 0 spiro atoms. The molecule has 1 atom stereocenters. The number of carboxylic acid groups (broad SMARTS) is 1. The summed E-state index contributed by atoms with van der Waals surface area (Å²) in [5.74, 6) is -1.34. The number of nitrogens with zero attached hydrogens (tertiary/aromatic N) is 2. The van der Waals surface area contributed by atoms with Gasteiger partial charge in [0, 0.05) is 12.6 Å². The number of aryl methyl sites for hydroxylation is 2. The van der Waals surface area contributed by atoms with Crippen molar-refractivity contribution in [2.45, 2.75) is 19.8 Å². The van der Waals surface area contributed by atoms with Crippen LogP contribution in [0.4, 0.5) is 0 Å². The molecule has 16 heavy (non-hydrogen) atoms. The van der Waals surface area contributed by atoms with E-state index < -0.39 is 11.9 Å². The van der Waals surface area contributed by atoms with E-state index >= 15 is 0 Å². The van der Waals surface area contributed by atoms with Gasteiger partial charge in [-0.15, -0.1) is 0 Å². The predicted octanol–water partition coefficient (Wildman–Crippen LogP) is 0.974. The van der Waals surface area contributed by atoms with E-state index in [1.165, 1.54) is 0 Å². The number of rotatable bonds is 5. The SMILES string of the molecule is Cc1nn(C)c(Cl)c1CC(CCN)C(=O)O. The first-order chi connectivity index (χ1) is 7.47. The van der Waals surface area contributed by atoms with Crippen molar-refractivity contribution in [2.75, 3.05) is 6.54 Å². The molecule has 1 aromatic rings. The summed E-state index contributed by atoms with van der Waals surface area (Å²) in [6.07, 6.45) is 0.824. The first-order valence-corrected chi connectivity index (χ1v) is 5.46. The Morgan fingerprint density at radius 3 is 2.69 bits per heavy atom. The van der Waals surface area contributed by atoms with Gasteiger partial charge in [-0.1, -0.05) is 11.6 Å². The van der Waals surface area contributed by atoms with E-state index in [2.05, 4.69) is 5.10 Å². The van der Waals surface area contributed by atoms with Crippen LogP contribution in [0.3, 0.4) is 0 Å². The summed E-state index contributed by atoms with van der Waals surface area (Å²) in [6.45, 7) is 2.18. The molecular weight excluding hydrogens is 230 g/mol. The van der Waals surface area contributed by atoms with Crippen LogP contribution >= 0.6 is 11.6 Å². The smallest absolute Gasteiger partial charge is 0.306 e. The second kappa shape index (κ2) is 5.32. The van der Waals surface area contributed by atoms with E-state index in [1.807, 2.05) is 6.92 Å². The van der Waals surface area contributed by atoms with Gasteiger partial charge >= 0.3 is 5.97 Å². The molecule has 3 N–H and O–H groups in total. The summed E-state index contributed by atoms with van der Waals surface area (Å²) < 4.78 is 1.55. The van der Waals surface area contributed by atoms with E-state index in [-0.39, 0.29) is 0 Å². The highest BCUT2D eigenvalue weighted by molar-refractivity contribution is 6.30. The molecule has 0 bridgehead atoms. The molecule has 0 aliphatic carbocycles. The van der Waals surface area contributed by atoms with Gasteiger partial charge in [0.25, 0.3) is 0 Å². The minimum absolute atomic E-state index is 0.355. The third kappa shape index (κ3) is 2.74. The number of hydrogen-bond acceptors (Lipinski definition) is 3. The maximum Gasteiger partial charge on any atom is 0.306 e. The minimum atomic E-state index is -0.843. The number of hydrogen-bond donors (Lipinski definition) is 2. The quantitative estimate of drug-likeness (QED) is 0.810. The van der Waals surface area contributed by atoms with Gasteiger partial charge in [-0.25, -0.2) is 0 Å². The second-order valence-corrected chi connectivity index (χ2v) is 4.15. The van der Waals surface area contributed by atoms with Crippen LogP contribution in [0.2, 0.25) is 5.15 Å². The summed E-state index contributed by atoms with van der Waals surface area (Å²) in [5.41, 5.74) is 6.96. The largest absolute Gasteiger partial charge is 0.481 e. The monoisotopic (exact) mass is 245 g/mol. The minimum Gasteiger partial charge on any atom is -0.481 e. The number of nitrogens with two attached hydrogens (primary N) is 1. The van der Waals surface area contributed by atoms with Gasteiger partial charge in [-0.2, -0.15) is 5.10 Å². The lowest BCUT2D eigenvalue weighted by atomic mass is 9.97. The Hall–Kier alpha value is -1.07. The molecule has 0 amide bonds. The van der Waals surface area contributed by atoms with Gasteiger partial charge in [0.05, 0.1) is 11.6 Å². The Balaban J connectivity index is 2.88. The summed E-state index contributed by atoms with van der Waals surface area (Å²) in [6, 6.07) is 0. The van der Waals surface area contributed by atoms with Crippen LogP contribution in [-0.4, -0.2) is 27.4 Å². The third-order valence-electron chi connectivity index (χ3n) is 2.58. The van der Waals surface area contributed by atoms with Crippen molar-refractivity contribution < 1.29 is 9.90 Å². The van der Waals surface area contributed by atoms with E-state index in [0.717, 1.165) is 11.3 Å². The van der Waals surface area contributed by atoms with Crippen molar-refractivity contribution in [3.63, 3.8) is 0 Å². The van der Waals surface area contributed by atoms with E-state index in [4.69, 9.17) is 22.4 Å². The van der Waals surface area contributed by atoms with Crippen LogP contribution in [-0.2, 0) is 18.3 Å². The zero-order chi connectivity index (χ0) is 12.3. The molecule has 90 valence electrons. The van der Waals surface area contributed by atoms with E-state index in [9.17, 15) is 4.79 Å². The highest BCUT2D eigenvalue weighted by Crippen LogP contribution is 2.23. The average molecular weight is 246 g/mol. The lowest BCUT2D eigenvalue weighted by molar-refractivity contribution is -0.141. The zero-order valence-electron chi connectivity index (χ0n) is 9.40. The lowest BCUT2D eigenvalue weighted by Crippen LogP contribution is -2.20. The molecule has 0 aliphatic heterocycles. The second-order valence-electron chi connectivity index (χ2n) is 3.80. The standard InChI is InChI=1S/C10H16ClN3O2/c1-6-8(9(11)14(2)13-6)5-7(3-4-12)10(15)16/h7H,3-5,12H2,1-2H3,(H,15,16). The van der Waals surface area contributed by atoms with Crippen molar-refractivity contribution in [3.8, 4) is 0 Å². The number of aromatic nitrogens is 2. The molecular formula is C10H16ClN3O2. The van der Waals surface area contributed by atoms with E-state index in [1.54, 1.807) is 11.7 Å². The highest BCUT2D eigenvalue weighted by Gasteiger charge is 2.21. The third-order valence-corrected chi connectivity index (χ3v) is 3.06. The molecule has 1 aromatic heterocycles. The summed E-state index contributed by atoms with van der Waals surface area (Å²) in [7, 11) is 1.73. The van der Waals surface area contributed by atoms with Gasteiger partial charge < -0.3 is 10.8 Å². The van der Waals surface area contributed by atoms with Gasteiger partial charge in [0.2, 0.25) is 0 Å². The number of halogens is 1. The fourth-order valence-electron chi connectivity index (χ4n) is 1.67. The van der Waals surface area contributed by atoms with Crippen LogP contribution in [0.1, 0.15) is 17.7 Å². The molecule has 1 heterocycles. The van der Waals surface area contributed by atoms with E-state index in [0.29, 0.717) is 24.5 Å². The fourth-order valence-corrected chi connectivity index (χ4v) is 1.92. The molecule has 1 rings (SSSR count). The summed E-state index contributed by atoms with van der Waals surface area (Å²) in [4.78, 5) is 11.0. The number of carboxylic acids is 1. The lowest BCUT2D eigenvalue weighted by Gasteiger charge is -2.10. The normalized spacial score (nSPS) is 12.8. The van der Waals surface area contributed by atoms with Gasteiger partial charge in [-0.05, 0) is 26.3 Å². The Morgan fingerprint density at radius 1 is 1.69 bits per heavy atom. The van der Waals surface area contributed by atoms with Crippen LogP contribution in [0.5, 0.6) is 0 Å². The Bertz CT molecular complexity index is 390. The number of aliphatic carboxylic acids is 1. The molecule has 1 unspecified atom stereocenters. The maximum atomic E-state index is 11.0. The van der Waals surface area contributed by atoms with Gasteiger partial charge in [-0.3, -0.25) is 9.48 Å². The molecule has 0 radical (unpaired) electrons. The average Bonchev–Trinajstić information content (AvgIpc) is 2.43. The van der Waals surface area contributed by atoms with Crippen LogP contribution in [0.15, 0.2) is 0 Å². The molecule has 5 nitrogen and oxygen atoms in total. The first-order valence-electron chi connectivity index (χ1n) is 5.08. The van der Waals surface area contributed by atoms with Gasteiger partial charge in [0.1, 0.15) is 5.15 Å². The van der Waals surface area contributed by atoms with Crippen LogP contribution in [0.25, 0.3) is 0 Å². The topological polar surface area (TPSA) is 81.1 Å². The van der Waals surface area contributed by atoms with Crippen LogP contribution < -0.4 is 5.73 Å². The van der Waals surface area contributed by atoms with Crippen LogP contribution in [0, 0.1) is 12.8 Å². The van der Waals surface area contributed by atoms with Crippen molar-refractivity contribution in [1.29, 1.82) is 0 Å².